The van der Waals surface area contributed by atoms with E-state index in [0.717, 1.165) is 0 Å². The van der Waals surface area contributed by atoms with Crippen molar-refractivity contribution in [3.05, 3.63) is 16.6 Å². The second-order valence-corrected chi connectivity index (χ2v) is 3.09. The molecule has 0 aliphatic carbocycles. The molecule has 5 nitrogen and oxygen atoms in total. The zero-order chi connectivity index (χ0) is 9.84. The van der Waals surface area contributed by atoms with Crippen LogP contribution in [0.1, 0.15) is 5.69 Å². The Balaban J connectivity index is 2.69. The van der Waals surface area contributed by atoms with Crippen LogP contribution in [0.15, 0.2) is 10.9 Å². The van der Waals surface area contributed by atoms with E-state index in [0.29, 0.717) is 5.69 Å². The largest absolute Gasteiger partial charge is 0.549 e. The molecular weight excluding hydrogens is 194 g/mol. The van der Waals surface area contributed by atoms with Crippen LogP contribution in [0.4, 0.5) is 0 Å². The van der Waals surface area contributed by atoms with E-state index in [1.165, 1.54) is 16.8 Å². The first-order valence-electron chi connectivity index (χ1n) is 3.40. The quantitative estimate of drug-likeness (QED) is 0.513. The smallest absolute Gasteiger partial charge is 0.0794 e. The standard InChI is InChI=1S/C7H7NO4S/c9-6(10)5(7(11)12)1-4-2-13-3-8-4/h2-3,5H,1H2,(H,9,10)(H,11,12)/p-2. The molecule has 0 atom stereocenters. The van der Waals surface area contributed by atoms with Crippen LogP contribution >= 0.6 is 11.3 Å². The molecule has 0 saturated carbocycles. The Morgan fingerprint density at radius 1 is 1.46 bits per heavy atom. The lowest BCUT2D eigenvalue weighted by Crippen LogP contribution is -2.44. The summed E-state index contributed by atoms with van der Waals surface area (Å²) in [5.41, 5.74) is 1.92. The molecule has 0 N–H and O–H groups in total. The highest BCUT2D eigenvalue weighted by Gasteiger charge is 2.12. The molecule has 0 aliphatic rings. The lowest BCUT2D eigenvalue weighted by atomic mass is 10.1. The molecule has 1 rings (SSSR count). The second kappa shape index (κ2) is 3.99. The predicted octanol–water partition coefficient (Wildman–Crippen LogP) is -2.20. The first-order chi connectivity index (χ1) is 6.11. The summed E-state index contributed by atoms with van der Waals surface area (Å²) in [5.74, 6) is -4.91. The van der Waals surface area contributed by atoms with Gasteiger partial charge in [0.05, 0.1) is 23.1 Å². The Hall–Kier alpha value is -1.43. The maximum atomic E-state index is 10.3. The molecular formula is C7H5NO4S-2. The minimum absolute atomic E-state index is 0.186. The fourth-order valence-electron chi connectivity index (χ4n) is 0.810. The van der Waals surface area contributed by atoms with Gasteiger partial charge in [-0.05, 0) is 0 Å². The van der Waals surface area contributed by atoms with Crippen molar-refractivity contribution in [1.82, 2.24) is 4.98 Å². The Bertz CT molecular complexity index is 294. The molecule has 0 spiro atoms. The van der Waals surface area contributed by atoms with Crippen molar-refractivity contribution in [1.29, 1.82) is 0 Å². The summed E-state index contributed by atoms with van der Waals surface area (Å²) in [6.45, 7) is 0. The summed E-state index contributed by atoms with van der Waals surface area (Å²) in [5, 5.41) is 22.2. The molecule has 0 amide bonds. The number of carbonyl (C=O) groups excluding carboxylic acids is 2. The summed E-state index contributed by atoms with van der Waals surface area (Å²) in [6.07, 6.45) is -0.186. The van der Waals surface area contributed by atoms with E-state index in [4.69, 9.17) is 0 Å². The normalized spacial score (nSPS) is 10.2. The molecule has 0 unspecified atom stereocenters. The number of aliphatic carboxylic acids is 2. The molecule has 0 aliphatic heterocycles. The summed E-state index contributed by atoms with van der Waals surface area (Å²) in [7, 11) is 0. The SMILES string of the molecule is O=C([O-])C(Cc1cscn1)C(=O)[O-]. The van der Waals surface area contributed by atoms with Gasteiger partial charge in [-0.1, -0.05) is 0 Å². The highest BCUT2D eigenvalue weighted by molar-refractivity contribution is 7.07. The number of hydrogen-bond donors (Lipinski definition) is 0. The lowest BCUT2D eigenvalue weighted by molar-refractivity contribution is -0.331. The molecule has 0 aromatic carbocycles. The second-order valence-electron chi connectivity index (χ2n) is 2.37. The maximum absolute atomic E-state index is 10.3. The van der Waals surface area contributed by atoms with E-state index in [9.17, 15) is 19.8 Å². The fourth-order valence-corrected chi connectivity index (χ4v) is 1.38. The van der Waals surface area contributed by atoms with Crippen LogP contribution < -0.4 is 10.2 Å². The average molecular weight is 199 g/mol. The van der Waals surface area contributed by atoms with E-state index in [2.05, 4.69) is 4.98 Å². The van der Waals surface area contributed by atoms with Crippen molar-refractivity contribution in [2.24, 2.45) is 5.92 Å². The van der Waals surface area contributed by atoms with Crippen molar-refractivity contribution in [3.8, 4) is 0 Å². The van der Waals surface area contributed by atoms with Gasteiger partial charge < -0.3 is 19.8 Å². The van der Waals surface area contributed by atoms with Crippen LogP contribution in [0.25, 0.3) is 0 Å². The fraction of sp³-hybridized carbons (Fsp3) is 0.286. The summed E-state index contributed by atoms with van der Waals surface area (Å²) in [6, 6.07) is 0. The zero-order valence-corrected chi connectivity index (χ0v) is 7.24. The van der Waals surface area contributed by atoms with Crippen molar-refractivity contribution < 1.29 is 19.8 Å². The van der Waals surface area contributed by atoms with Gasteiger partial charge in [-0.25, -0.2) is 4.98 Å². The third-order valence-corrected chi connectivity index (χ3v) is 2.10. The summed E-state index contributed by atoms with van der Waals surface area (Å²) < 4.78 is 0. The number of rotatable bonds is 4. The number of hydrogen-bond acceptors (Lipinski definition) is 6. The minimum atomic E-state index is -1.65. The monoisotopic (exact) mass is 199 g/mol. The molecule has 1 aromatic heterocycles. The van der Waals surface area contributed by atoms with Crippen LogP contribution in [0.2, 0.25) is 0 Å². The van der Waals surface area contributed by atoms with Crippen LogP contribution in [0.3, 0.4) is 0 Å². The van der Waals surface area contributed by atoms with Crippen LogP contribution in [-0.4, -0.2) is 16.9 Å². The van der Waals surface area contributed by atoms with E-state index in [1.807, 2.05) is 0 Å². The lowest BCUT2D eigenvalue weighted by Gasteiger charge is -2.17. The van der Waals surface area contributed by atoms with Crippen molar-refractivity contribution in [2.75, 3.05) is 0 Å². The summed E-state index contributed by atoms with van der Waals surface area (Å²) >= 11 is 1.27. The Morgan fingerprint density at radius 2 is 2.08 bits per heavy atom. The predicted molar refractivity (Wildman–Crippen MR) is 39.3 cm³/mol. The number of nitrogens with zero attached hydrogens (tertiary/aromatic N) is 1. The highest BCUT2D eigenvalue weighted by atomic mass is 32.1. The zero-order valence-electron chi connectivity index (χ0n) is 6.43. The van der Waals surface area contributed by atoms with Crippen molar-refractivity contribution >= 4 is 23.3 Å². The first-order valence-corrected chi connectivity index (χ1v) is 4.34. The third-order valence-electron chi connectivity index (χ3n) is 1.47. The van der Waals surface area contributed by atoms with Crippen molar-refractivity contribution in [3.63, 3.8) is 0 Å². The molecule has 0 saturated heterocycles. The number of thiazole rings is 1. The Kier molecular flexibility index (Phi) is 2.97. The van der Waals surface area contributed by atoms with Gasteiger partial charge in [0, 0.05) is 17.7 Å². The van der Waals surface area contributed by atoms with E-state index in [1.54, 1.807) is 5.38 Å². The number of carboxylic acids is 2. The van der Waals surface area contributed by atoms with Crippen LogP contribution in [0.5, 0.6) is 0 Å². The molecule has 0 fully saturated rings. The van der Waals surface area contributed by atoms with Gasteiger partial charge in [0.15, 0.2) is 0 Å². The average Bonchev–Trinajstić information content (AvgIpc) is 2.50. The molecule has 0 bridgehead atoms. The molecule has 1 heterocycles. The number of carboxylic acid groups (broad SMARTS) is 2. The summed E-state index contributed by atoms with van der Waals surface area (Å²) in [4.78, 5) is 24.4. The van der Waals surface area contributed by atoms with Gasteiger partial charge >= 0.3 is 0 Å². The molecule has 13 heavy (non-hydrogen) atoms. The van der Waals surface area contributed by atoms with Crippen LogP contribution in [-0.2, 0) is 16.0 Å². The minimum Gasteiger partial charge on any atom is -0.549 e. The van der Waals surface area contributed by atoms with E-state index >= 15 is 0 Å². The highest BCUT2D eigenvalue weighted by Crippen LogP contribution is 2.08. The van der Waals surface area contributed by atoms with Gasteiger partial charge in [0.25, 0.3) is 0 Å². The maximum Gasteiger partial charge on any atom is 0.0794 e. The van der Waals surface area contributed by atoms with Gasteiger partial charge in [-0.2, -0.15) is 0 Å². The molecule has 6 heteroatoms. The molecule has 1 aromatic rings. The van der Waals surface area contributed by atoms with Crippen molar-refractivity contribution in [2.45, 2.75) is 6.42 Å². The molecule has 0 radical (unpaired) electrons. The van der Waals surface area contributed by atoms with Gasteiger partial charge in [-0.3, -0.25) is 0 Å². The van der Waals surface area contributed by atoms with Gasteiger partial charge in [0.2, 0.25) is 0 Å². The topological polar surface area (TPSA) is 93.2 Å². The van der Waals surface area contributed by atoms with Gasteiger partial charge in [-0.15, -0.1) is 11.3 Å². The first kappa shape index (κ1) is 9.66. The Labute approximate surface area is 77.7 Å². The van der Waals surface area contributed by atoms with Gasteiger partial charge in [0.1, 0.15) is 0 Å². The van der Waals surface area contributed by atoms with Crippen LogP contribution in [0, 0.1) is 5.92 Å². The van der Waals surface area contributed by atoms with E-state index in [-0.39, 0.29) is 6.42 Å². The Morgan fingerprint density at radius 3 is 2.46 bits per heavy atom. The van der Waals surface area contributed by atoms with E-state index < -0.39 is 17.9 Å². The molecule has 70 valence electrons. The number of carbonyl (C=O) groups is 2. The number of aromatic nitrogens is 1. The third kappa shape index (κ3) is 2.51.